The van der Waals surface area contributed by atoms with Gasteiger partial charge in [0.1, 0.15) is 5.75 Å². The molecule has 0 heterocycles. The van der Waals surface area contributed by atoms with Crippen LogP contribution in [-0.4, -0.2) is 19.6 Å². The lowest BCUT2D eigenvalue weighted by Crippen LogP contribution is -2.07. The Hall–Kier alpha value is -1.65. The fourth-order valence-electron chi connectivity index (χ4n) is 0.930. The molecule has 0 radical (unpaired) electrons. The Balaban J connectivity index is 2.44. The average molecular weight is 215 g/mol. The molecule has 1 rings (SSSR count). The summed E-state index contributed by atoms with van der Waals surface area (Å²) in [4.78, 5) is 0. The fraction of sp³-hybridized carbons (Fsp3) is 0.300. The van der Waals surface area contributed by atoms with Crippen LogP contribution in [0.2, 0.25) is 0 Å². The van der Waals surface area contributed by atoms with Gasteiger partial charge in [-0.05, 0) is 12.1 Å². The van der Waals surface area contributed by atoms with Gasteiger partial charge < -0.3 is 9.47 Å². The molecule has 0 amide bonds. The Morgan fingerprint density at radius 1 is 1.33 bits per heavy atom. The summed E-state index contributed by atoms with van der Waals surface area (Å²) in [6.07, 6.45) is 0.287. The van der Waals surface area contributed by atoms with Gasteiger partial charge in [0.05, 0.1) is 20.1 Å². The van der Waals surface area contributed by atoms with E-state index in [2.05, 4.69) is 4.74 Å². The number of halogens is 2. The van der Waals surface area contributed by atoms with Crippen LogP contribution >= 0.6 is 0 Å². The number of nitrogens with one attached hydrogen (secondary N) is 1. The summed E-state index contributed by atoms with van der Waals surface area (Å²) in [7, 11) is 1.39. The van der Waals surface area contributed by atoms with Crippen LogP contribution in [0, 0.1) is 17.0 Å². The number of hydrogen-bond donors (Lipinski definition) is 1. The van der Waals surface area contributed by atoms with Gasteiger partial charge in [-0.3, -0.25) is 5.41 Å². The molecule has 0 bridgehead atoms. The van der Waals surface area contributed by atoms with E-state index in [0.29, 0.717) is 0 Å². The first-order valence-corrected chi connectivity index (χ1v) is 4.32. The molecular formula is C10H11F2NO2. The molecule has 0 aromatic heterocycles. The van der Waals surface area contributed by atoms with Gasteiger partial charge in [-0.25, -0.2) is 8.78 Å². The van der Waals surface area contributed by atoms with Crippen molar-refractivity contribution in [2.75, 3.05) is 13.7 Å². The van der Waals surface area contributed by atoms with Gasteiger partial charge in [-0.2, -0.15) is 0 Å². The molecule has 1 N–H and O–H groups in total. The van der Waals surface area contributed by atoms with E-state index in [-0.39, 0.29) is 24.7 Å². The van der Waals surface area contributed by atoms with E-state index < -0.39 is 11.6 Å². The second kappa shape index (κ2) is 5.29. The van der Waals surface area contributed by atoms with Gasteiger partial charge in [-0.15, -0.1) is 0 Å². The molecule has 0 unspecified atom stereocenters. The van der Waals surface area contributed by atoms with E-state index in [1.165, 1.54) is 13.2 Å². The molecule has 5 heteroatoms. The predicted octanol–water partition coefficient (Wildman–Crippen LogP) is 2.36. The van der Waals surface area contributed by atoms with Gasteiger partial charge in [-0.1, -0.05) is 0 Å². The highest BCUT2D eigenvalue weighted by molar-refractivity contribution is 5.72. The van der Waals surface area contributed by atoms with Crippen LogP contribution in [-0.2, 0) is 4.74 Å². The summed E-state index contributed by atoms with van der Waals surface area (Å²) in [5.41, 5.74) is 0. The van der Waals surface area contributed by atoms with E-state index in [0.717, 1.165) is 12.1 Å². The highest BCUT2D eigenvalue weighted by Crippen LogP contribution is 2.15. The topological polar surface area (TPSA) is 42.3 Å². The number of ether oxygens (including phenoxy) is 2. The molecule has 15 heavy (non-hydrogen) atoms. The number of methoxy groups -OCH3 is 1. The van der Waals surface area contributed by atoms with Crippen molar-refractivity contribution in [1.29, 1.82) is 5.41 Å². The first-order chi connectivity index (χ1) is 7.13. The highest BCUT2D eigenvalue weighted by atomic mass is 19.2. The summed E-state index contributed by atoms with van der Waals surface area (Å²) < 4.78 is 34.9. The molecule has 1 aromatic rings. The summed E-state index contributed by atoms with van der Waals surface area (Å²) in [6, 6.07) is 3.28. The summed E-state index contributed by atoms with van der Waals surface area (Å²) in [6.45, 7) is 0.192. The zero-order valence-electron chi connectivity index (χ0n) is 8.22. The van der Waals surface area contributed by atoms with Crippen LogP contribution in [0.3, 0.4) is 0 Å². The maximum Gasteiger partial charge on any atom is 0.183 e. The number of benzene rings is 1. The van der Waals surface area contributed by atoms with Crippen LogP contribution in [0.4, 0.5) is 8.78 Å². The van der Waals surface area contributed by atoms with Crippen molar-refractivity contribution < 1.29 is 18.3 Å². The largest absolute Gasteiger partial charge is 0.493 e. The van der Waals surface area contributed by atoms with Gasteiger partial charge in [0.2, 0.25) is 0 Å². The molecule has 0 aliphatic heterocycles. The Morgan fingerprint density at radius 2 is 2.07 bits per heavy atom. The molecule has 0 spiro atoms. The normalized spacial score (nSPS) is 9.80. The van der Waals surface area contributed by atoms with E-state index in [1.54, 1.807) is 0 Å². The number of rotatable bonds is 4. The smallest absolute Gasteiger partial charge is 0.183 e. The first-order valence-electron chi connectivity index (χ1n) is 4.32. The molecular weight excluding hydrogens is 204 g/mol. The summed E-state index contributed by atoms with van der Waals surface area (Å²) in [5.74, 6) is -1.54. The average Bonchev–Trinajstić information content (AvgIpc) is 2.23. The van der Waals surface area contributed by atoms with Crippen molar-refractivity contribution in [2.45, 2.75) is 6.42 Å². The van der Waals surface area contributed by atoms with Crippen LogP contribution in [0.5, 0.6) is 5.75 Å². The van der Waals surface area contributed by atoms with Gasteiger partial charge >= 0.3 is 0 Å². The van der Waals surface area contributed by atoms with E-state index in [4.69, 9.17) is 10.1 Å². The monoisotopic (exact) mass is 215 g/mol. The molecule has 0 saturated carbocycles. The predicted molar refractivity (Wildman–Crippen MR) is 51.2 cm³/mol. The lowest BCUT2D eigenvalue weighted by molar-refractivity contribution is 0.305. The van der Waals surface area contributed by atoms with Crippen molar-refractivity contribution in [2.24, 2.45) is 0 Å². The quantitative estimate of drug-likeness (QED) is 0.618. The zero-order chi connectivity index (χ0) is 11.3. The maximum absolute atomic E-state index is 12.7. The van der Waals surface area contributed by atoms with Gasteiger partial charge in [0.25, 0.3) is 0 Å². The summed E-state index contributed by atoms with van der Waals surface area (Å²) >= 11 is 0. The zero-order valence-corrected chi connectivity index (χ0v) is 8.22. The Kier molecular flexibility index (Phi) is 4.03. The first kappa shape index (κ1) is 11.4. The Bertz CT molecular complexity index is 355. The standard InChI is InChI=1S/C10H11F2NO2/c1-14-10(13)4-5-15-7-2-3-8(11)9(12)6-7/h2-3,6,13H,4-5H2,1H3. The second-order valence-corrected chi connectivity index (χ2v) is 2.80. The Morgan fingerprint density at radius 3 is 2.67 bits per heavy atom. The van der Waals surface area contributed by atoms with E-state index in [9.17, 15) is 8.78 Å². The molecule has 1 aromatic carbocycles. The van der Waals surface area contributed by atoms with Crippen LogP contribution in [0.15, 0.2) is 18.2 Å². The molecule has 0 saturated heterocycles. The van der Waals surface area contributed by atoms with Gasteiger partial charge in [0, 0.05) is 6.07 Å². The highest BCUT2D eigenvalue weighted by Gasteiger charge is 2.03. The third kappa shape index (κ3) is 3.53. The minimum Gasteiger partial charge on any atom is -0.493 e. The van der Waals surface area contributed by atoms with Crippen molar-refractivity contribution in [3.63, 3.8) is 0 Å². The molecule has 3 nitrogen and oxygen atoms in total. The van der Waals surface area contributed by atoms with Gasteiger partial charge in [0.15, 0.2) is 17.5 Å². The van der Waals surface area contributed by atoms with Crippen molar-refractivity contribution >= 4 is 5.90 Å². The SMILES string of the molecule is COC(=N)CCOc1ccc(F)c(F)c1. The van der Waals surface area contributed by atoms with Crippen LogP contribution in [0.25, 0.3) is 0 Å². The van der Waals surface area contributed by atoms with Crippen molar-refractivity contribution in [1.82, 2.24) is 0 Å². The maximum atomic E-state index is 12.7. The third-order valence-electron chi connectivity index (χ3n) is 1.74. The summed E-state index contributed by atoms with van der Waals surface area (Å²) in [5, 5.41) is 7.14. The lowest BCUT2D eigenvalue weighted by Gasteiger charge is -2.06. The second-order valence-electron chi connectivity index (χ2n) is 2.80. The van der Waals surface area contributed by atoms with E-state index in [1.807, 2.05) is 0 Å². The minimum absolute atomic E-state index is 0.0811. The van der Waals surface area contributed by atoms with Crippen LogP contribution in [0.1, 0.15) is 6.42 Å². The molecule has 0 aliphatic carbocycles. The minimum atomic E-state index is -0.950. The molecule has 0 fully saturated rings. The molecule has 0 atom stereocenters. The molecule has 0 aliphatic rings. The fourth-order valence-corrected chi connectivity index (χ4v) is 0.930. The third-order valence-corrected chi connectivity index (χ3v) is 1.74. The van der Waals surface area contributed by atoms with Crippen molar-refractivity contribution in [3.05, 3.63) is 29.8 Å². The number of hydrogen-bond acceptors (Lipinski definition) is 3. The van der Waals surface area contributed by atoms with Crippen molar-refractivity contribution in [3.8, 4) is 5.75 Å². The lowest BCUT2D eigenvalue weighted by atomic mass is 10.3. The van der Waals surface area contributed by atoms with Crippen LogP contribution < -0.4 is 4.74 Å². The Labute approximate surface area is 86.1 Å². The molecule has 82 valence electrons. The van der Waals surface area contributed by atoms with E-state index >= 15 is 0 Å².